The van der Waals surface area contributed by atoms with Gasteiger partial charge in [0.25, 0.3) is 5.91 Å². The Morgan fingerprint density at radius 3 is 2.70 bits per heavy atom. The van der Waals surface area contributed by atoms with E-state index in [2.05, 4.69) is 20.3 Å². The van der Waals surface area contributed by atoms with Gasteiger partial charge in [0.1, 0.15) is 34.7 Å². The molecular formula is C25H18F4N6O2. The van der Waals surface area contributed by atoms with Gasteiger partial charge in [-0.05, 0) is 42.3 Å². The number of fused-ring (bicyclic) bond motifs is 4. The Kier molecular flexibility index (Phi) is 5.23. The van der Waals surface area contributed by atoms with E-state index in [4.69, 9.17) is 0 Å². The lowest BCUT2D eigenvalue weighted by atomic mass is 10.2. The third-order valence-corrected chi connectivity index (χ3v) is 6.31. The average molecular weight is 510 g/mol. The summed E-state index contributed by atoms with van der Waals surface area (Å²) < 4.78 is 56.7. The van der Waals surface area contributed by atoms with Crippen LogP contribution in [0.2, 0.25) is 0 Å². The number of amides is 1. The number of aromatic nitrogens is 5. The number of nitrogens with zero attached hydrogens (tertiary/aromatic N) is 5. The molecule has 1 atom stereocenters. The highest BCUT2D eigenvalue weighted by atomic mass is 19.4. The van der Waals surface area contributed by atoms with Crippen molar-refractivity contribution < 1.29 is 27.5 Å². The van der Waals surface area contributed by atoms with Crippen LogP contribution in [-0.4, -0.2) is 35.1 Å². The third kappa shape index (κ3) is 4.08. The predicted octanol–water partition coefficient (Wildman–Crippen LogP) is 4.68. The average Bonchev–Trinajstić information content (AvgIpc) is 3.50. The van der Waals surface area contributed by atoms with Crippen LogP contribution in [0.4, 0.5) is 23.2 Å². The second kappa shape index (κ2) is 8.37. The summed E-state index contributed by atoms with van der Waals surface area (Å²) in [4.78, 5) is 26.1. The largest absolute Gasteiger partial charge is 0.417 e. The second-order valence-electron chi connectivity index (χ2n) is 8.82. The van der Waals surface area contributed by atoms with E-state index >= 15 is 0 Å². The first-order valence-corrected chi connectivity index (χ1v) is 11.3. The molecule has 12 heteroatoms. The number of aryl methyl sites for hydroxylation is 1. The van der Waals surface area contributed by atoms with Gasteiger partial charge >= 0.3 is 6.18 Å². The van der Waals surface area contributed by atoms with E-state index in [-0.39, 0.29) is 23.3 Å². The number of benzene rings is 1. The molecule has 188 valence electrons. The van der Waals surface area contributed by atoms with Crippen LogP contribution < -0.4 is 5.32 Å². The molecule has 0 spiro atoms. The molecule has 0 fully saturated rings. The standard InChI is InChI=1S/C25H18F4N6O2/c26-16-3-1-2-13(6-16)12-34-19(8-14-7-15(25(27,28)29)10-30-22(14)34)24(37)32-17-9-18-23(31-11-17)35-20(33-18)4-5-21(35)36/h1-3,6-11,21,36H,4-5,12H2,(H,32,37). The van der Waals surface area contributed by atoms with E-state index in [1.54, 1.807) is 16.7 Å². The van der Waals surface area contributed by atoms with Gasteiger partial charge in [-0.25, -0.2) is 19.3 Å². The monoisotopic (exact) mass is 510 g/mol. The van der Waals surface area contributed by atoms with Crippen molar-refractivity contribution in [1.82, 2.24) is 24.1 Å². The quantitative estimate of drug-likeness (QED) is 0.343. The number of hydrogen-bond acceptors (Lipinski definition) is 5. The minimum absolute atomic E-state index is 0.00528. The van der Waals surface area contributed by atoms with Crippen LogP contribution in [-0.2, 0) is 19.1 Å². The number of rotatable bonds is 4. The van der Waals surface area contributed by atoms with E-state index < -0.39 is 29.7 Å². The molecule has 0 radical (unpaired) electrons. The van der Waals surface area contributed by atoms with E-state index in [1.807, 2.05) is 0 Å². The molecule has 1 amide bonds. The molecule has 6 rings (SSSR count). The zero-order valence-electron chi connectivity index (χ0n) is 19.0. The van der Waals surface area contributed by atoms with Crippen LogP contribution in [0, 0.1) is 5.82 Å². The van der Waals surface area contributed by atoms with Crippen LogP contribution in [0.25, 0.3) is 22.2 Å². The maximum Gasteiger partial charge on any atom is 0.417 e. The normalized spacial score (nSPS) is 15.4. The zero-order valence-corrected chi connectivity index (χ0v) is 19.0. The number of carbonyl (C=O) groups is 1. The highest BCUT2D eigenvalue weighted by Crippen LogP contribution is 2.32. The molecule has 8 nitrogen and oxygen atoms in total. The van der Waals surface area contributed by atoms with Gasteiger partial charge in [-0.1, -0.05) is 12.1 Å². The molecule has 1 aromatic carbocycles. The van der Waals surface area contributed by atoms with Gasteiger partial charge in [-0.2, -0.15) is 13.2 Å². The Balaban J connectivity index is 1.39. The Labute approximate surface area is 206 Å². The number of hydrogen-bond donors (Lipinski definition) is 2. The lowest BCUT2D eigenvalue weighted by Gasteiger charge is -2.12. The summed E-state index contributed by atoms with van der Waals surface area (Å²) in [6, 6.07) is 9.55. The Hall–Kier alpha value is -4.32. The number of aliphatic hydroxyl groups excluding tert-OH is 1. The van der Waals surface area contributed by atoms with Crippen molar-refractivity contribution in [2.75, 3.05) is 5.32 Å². The summed E-state index contributed by atoms with van der Waals surface area (Å²) in [6.45, 7) is 0.00528. The van der Waals surface area contributed by atoms with Crippen molar-refractivity contribution in [2.45, 2.75) is 31.8 Å². The van der Waals surface area contributed by atoms with Gasteiger partial charge in [-0.15, -0.1) is 0 Å². The lowest BCUT2D eigenvalue weighted by molar-refractivity contribution is -0.137. The highest BCUT2D eigenvalue weighted by molar-refractivity contribution is 6.06. The minimum atomic E-state index is -4.60. The van der Waals surface area contributed by atoms with Crippen LogP contribution in [0.3, 0.4) is 0 Å². The van der Waals surface area contributed by atoms with E-state index in [1.165, 1.54) is 35.0 Å². The number of pyridine rings is 2. The highest BCUT2D eigenvalue weighted by Gasteiger charge is 2.32. The molecule has 0 aliphatic carbocycles. The number of anilines is 1. The van der Waals surface area contributed by atoms with Gasteiger partial charge in [-0.3, -0.25) is 9.36 Å². The molecule has 5 heterocycles. The fraction of sp³-hybridized carbons (Fsp3) is 0.200. The van der Waals surface area contributed by atoms with Crippen molar-refractivity contribution in [2.24, 2.45) is 0 Å². The Morgan fingerprint density at radius 2 is 1.92 bits per heavy atom. The van der Waals surface area contributed by atoms with Crippen molar-refractivity contribution in [1.29, 1.82) is 0 Å². The van der Waals surface area contributed by atoms with Crippen LogP contribution >= 0.6 is 0 Å². The molecule has 4 aromatic heterocycles. The fourth-order valence-corrected chi connectivity index (χ4v) is 4.64. The molecule has 1 aliphatic heterocycles. The van der Waals surface area contributed by atoms with Crippen molar-refractivity contribution in [3.8, 4) is 0 Å². The summed E-state index contributed by atoms with van der Waals surface area (Å²) in [6.07, 6.45) is -2.03. The van der Waals surface area contributed by atoms with E-state index in [9.17, 15) is 27.5 Å². The number of halogens is 4. The van der Waals surface area contributed by atoms with Gasteiger partial charge in [0, 0.05) is 24.5 Å². The molecule has 37 heavy (non-hydrogen) atoms. The Morgan fingerprint density at radius 1 is 1.11 bits per heavy atom. The summed E-state index contributed by atoms with van der Waals surface area (Å²) in [7, 11) is 0. The van der Waals surface area contributed by atoms with E-state index in [0.29, 0.717) is 47.3 Å². The summed E-state index contributed by atoms with van der Waals surface area (Å²) in [5.74, 6) is -0.403. The van der Waals surface area contributed by atoms with Gasteiger partial charge < -0.3 is 15.0 Å². The van der Waals surface area contributed by atoms with Crippen molar-refractivity contribution in [3.05, 3.63) is 83.3 Å². The maximum absolute atomic E-state index is 13.8. The number of aliphatic hydroxyl groups is 1. The topological polar surface area (TPSA) is 97.9 Å². The predicted molar refractivity (Wildman–Crippen MR) is 125 cm³/mol. The van der Waals surface area contributed by atoms with Crippen molar-refractivity contribution >= 4 is 33.8 Å². The van der Waals surface area contributed by atoms with Crippen molar-refractivity contribution in [3.63, 3.8) is 0 Å². The minimum Gasteiger partial charge on any atom is -0.373 e. The molecule has 0 saturated carbocycles. The number of nitrogens with one attached hydrogen (secondary N) is 1. The summed E-state index contributed by atoms with van der Waals surface area (Å²) >= 11 is 0. The van der Waals surface area contributed by atoms with Crippen LogP contribution in [0.1, 0.15) is 40.1 Å². The molecule has 1 aliphatic rings. The first-order valence-electron chi connectivity index (χ1n) is 11.3. The molecule has 0 bridgehead atoms. The van der Waals surface area contributed by atoms with Crippen LogP contribution in [0.15, 0.2) is 54.9 Å². The van der Waals surface area contributed by atoms with Crippen LogP contribution in [0.5, 0.6) is 0 Å². The molecule has 2 N–H and O–H groups in total. The second-order valence-corrected chi connectivity index (χ2v) is 8.82. The Bertz CT molecular complexity index is 1690. The number of carbonyl (C=O) groups excluding carboxylic acids is 1. The zero-order chi connectivity index (χ0) is 25.9. The SMILES string of the molecule is O=C(Nc1cnc2c(c1)nc1n2C(O)CC1)c1cc2cc(C(F)(F)F)cnc2n1Cc1cccc(F)c1. The molecule has 1 unspecified atom stereocenters. The smallest absolute Gasteiger partial charge is 0.373 e. The third-order valence-electron chi connectivity index (χ3n) is 6.31. The molecule has 0 saturated heterocycles. The number of imidazole rings is 1. The summed E-state index contributed by atoms with van der Waals surface area (Å²) in [5.41, 5.74) is 1.03. The van der Waals surface area contributed by atoms with E-state index in [0.717, 1.165) is 6.07 Å². The summed E-state index contributed by atoms with van der Waals surface area (Å²) in [5, 5.41) is 13.0. The molecular weight excluding hydrogens is 492 g/mol. The first-order chi connectivity index (χ1) is 17.7. The number of alkyl halides is 3. The van der Waals surface area contributed by atoms with Gasteiger partial charge in [0.2, 0.25) is 0 Å². The molecule has 5 aromatic rings. The fourth-order valence-electron chi connectivity index (χ4n) is 4.64. The lowest BCUT2D eigenvalue weighted by Crippen LogP contribution is -2.18. The maximum atomic E-state index is 13.8. The first kappa shape index (κ1) is 23.1. The van der Waals surface area contributed by atoms with Gasteiger partial charge in [0.05, 0.1) is 17.4 Å². The van der Waals surface area contributed by atoms with Gasteiger partial charge in [0.15, 0.2) is 5.65 Å².